The molecule has 0 bridgehead atoms. The predicted molar refractivity (Wildman–Crippen MR) is 187 cm³/mol. The van der Waals surface area contributed by atoms with Gasteiger partial charge in [0.25, 0.3) is 0 Å². The van der Waals surface area contributed by atoms with Crippen molar-refractivity contribution in [2.45, 2.75) is 6.92 Å². The Bertz CT molecular complexity index is 2250. The Morgan fingerprint density at radius 1 is 0.356 bits per heavy atom. The van der Waals surface area contributed by atoms with Crippen molar-refractivity contribution in [2.24, 2.45) is 0 Å². The number of aryl methyl sites for hydroxylation is 1. The molecular formula is C42H29N3. The van der Waals surface area contributed by atoms with E-state index in [2.05, 4.69) is 134 Å². The maximum atomic E-state index is 5.33. The molecule has 0 aliphatic carbocycles. The molecule has 0 saturated heterocycles. The molecule has 3 heteroatoms. The largest absolute Gasteiger partial charge is 0.248 e. The molecule has 0 aliphatic heterocycles. The lowest BCUT2D eigenvalue weighted by Crippen LogP contribution is -1.96. The zero-order chi connectivity index (χ0) is 30.2. The zero-order valence-electron chi connectivity index (χ0n) is 24.9. The Morgan fingerprint density at radius 3 is 1.53 bits per heavy atom. The fourth-order valence-corrected chi connectivity index (χ4v) is 6.10. The molecule has 0 aliphatic rings. The fourth-order valence-electron chi connectivity index (χ4n) is 6.10. The number of nitrogens with zero attached hydrogens (tertiary/aromatic N) is 3. The first-order valence-electron chi connectivity index (χ1n) is 15.2. The van der Waals surface area contributed by atoms with Crippen LogP contribution in [0.25, 0.3) is 78.0 Å². The van der Waals surface area contributed by atoms with Gasteiger partial charge in [-0.1, -0.05) is 133 Å². The molecule has 5 aromatic carbocycles. The highest BCUT2D eigenvalue weighted by atomic mass is 14.8. The molecule has 0 saturated carbocycles. The monoisotopic (exact) mass is 575 g/mol. The van der Waals surface area contributed by atoms with Gasteiger partial charge in [-0.2, -0.15) is 0 Å². The van der Waals surface area contributed by atoms with Crippen molar-refractivity contribution in [3.05, 3.63) is 163 Å². The van der Waals surface area contributed by atoms with Gasteiger partial charge >= 0.3 is 0 Å². The van der Waals surface area contributed by atoms with Crippen LogP contribution < -0.4 is 0 Å². The van der Waals surface area contributed by atoms with Gasteiger partial charge in [-0.3, -0.25) is 0 Å². The van der Waals surface area contributed by atoms with Crippen LogP contribution in [0.5, 0.6) is 0 Å². The summed E-state index contributed by atoms with van der Waals surface area (Å²) in [6, 6.07) is 54.8. The van der Waals surface area contributed by atoms with Gasteiger partial charge in [0.2, 0.25) is 0 Å². The van der Waals surface area contributed by atoms with Gasteiger partial charge in [0, 0.05) is 33.0 Å². The van der Waals surface area contributed by atoms with Crippen molar-refractivity contribution in [3.63, 3.8) is 0 Å². The minimum atomic E-state index is 0.906. The van der Waals surface area contributed by atoms with E-state index in [0.717, 1.165) is 83.5 Å². The second-order valence-corrected chi connectivity index (χ2v) is 11.3. The predicted octanol–water partition coefficient (Wildman–Crippen LogP) is 10.8. The van der Waals surface area contributed by atoms with Gasteiger partial charge in [0.05, 0.1) is 33.8 Å². The molecule has 3 aromatic heterocycles. The normalized spacial score (nSPS) is 11.2. The second kappa shape index (κ2) is 11.3. The van der Waals surface area contributed by atoms with Crippen LogP contribution in [0.3, 0.4) is 0 Å². The number of hydrogen-bond donors (Lipinski definition) is 0. The van der Waals surface area contributed by atoms with Crippen molar-refractivity contribution < 1.29 is 0 Å². The topological polar surface area (TPSA) is 38.7 Å². The average Bonchev–Trinajstić information content (AvgIpc) is 3.12. The number of pyridine rings is 3. The van der Waals surface area contributed by atoms with Crippen LogP contribution in [0.1, 0.15) is 5.56 Å². The summed E-state index contributed by atoms with van der Waals surface area (Å²) in [6.07, 6.45) is 0. The minimum Gasteiger partial charge on any atom is -0.248 e. The van der Waals surface area contributed by atoms with Gasteiger partial charge < -0.3 is 0 Å². The molecule has 0 spiro atoms. The third-order valence-electron chi connectivity index (χ3n) is 8.40. The summed E-state index contributed by atoms with van der Waals surface area (Å²) in [5, 5.41) is 2.18. The van der Waals surface area contributed by atoms with E-state index >= 15 is 0 Å². The van der Waals surface area contributed by atoms with Crippen LogP contribution >= 0.6 is 0 Å². The van der Waals surface area contributed by atoms with Crippen LogP contribution in [0.15, 0.2) is 158 Å². The molecule has 0 amide bonds. The van der Waals surface area contributed by atoms with E-state index in [0.29, 0.717) is 0 Å². The van der Waals surface area contributed by atoms with Gasteiger partial charge in [-0.05, 0) is 47.9 Å². The molecule has 8 rings (SSSR count). The third-order valence-corrected chi connectivity index (χ3v) is 8.40. The van der Waals surface area contributed by atoms with Crippen molar-refractivity contribution in [2.75, 3.05) is 0 Å². The summed E-state index contributed by atoms with van der Waals surface area (Å²) in [4.78, 5) is 15.7. The number of hydrogen-bond acceptors (Lipinski definition) is 3. The first kappa shape index (κ1) is 26.7. The Balaban J connectivity index is 1.33. The van der Waals surface area contributed by atoms with Crippen molar-refractivity contribution in [1.82, 2.24) is 15.0 Å². The summed E-state index contributed by atoms with van der Waals surface area (Å²) in [7, 11) is 0. The number of fused-ring (bicyclic) bond motifs is 3. The zero-order valence-corrected chi connectivity index (χ0v) is 24.9. The van der Waals surface area contributed by atoms with E-state index in [-0.39, 0.29) is 0 Å². The summed E-state index contributed by atoms with van der Waals surface area (Å²) in [5.41, 5.74) is 13.2. The molecule has 212 valence electrons. The Hall–Kier alpha value is -5.93. The van der Waals surface area contributed by atoms with E-state index in [9.17, 15) is 0 Å². The van der Waals surface area contributed by atoms with E-state index in [4.69, 9.17) is 15.0 Å². The van der Waals surface area contributed by atoms with E-state index in [1.54, 1.807) is 0 Å². The summed E-state index contributed by atoms with van der Waals surface area (Å²) in [5.74, 6) is 0. The minimum absolute atomic E-state index is 0.906. The number of benzene rings is 5. The lowest BCUT2D eigenvalue weighted by atomic mass is 9.95. The van der Waals surface area contributed by atoms with Gasteiger partial charge in [-0.25, -0.2) is 15.0 Å². The first-order valence-corrected chi connectivity index (χ1v) is 15.2. The number of aromatic nitrogens is 3. The molecule has 0 N–H and O–H groups in total. The molecule has 0 unspecified atom stereocenters. The third kappa shape index (κ3) is 5.05. The standard InChI is InChI=1S/C42H29N3/c1-28-25-39(45-42-34(28)23-21-32-22-24-37(44-41(32)42)30-15-7-3-8-16-30)35-19-11-12-20-36(35)40-27-33(29-13-5-2-6-14-29)26-38(43-40)31-17-9-4-10-18-31/h2-27H,1H3. The van der Waals surface area contributed by atoms with Gasteiger partial charge in [0.1, 0.15) is 0 Å². The quantitative estimate of drug-likeness (QED) is 0.192. The summed E-state index contributed by atoms with van der Waals surface area (Å²) < 4.78 is 0. The average molecular weight is 576 g/mol. The van der Waals surface area contributed by atoms with Crippen LogP contribution in [0.2, 0.25) is 0 Å². The number of rotatable bonds is 5. The SMILES string of the molecule is Cc1cc(-c2ccccc2-c2cc(-c3ccccc3)cc(-c3ccccc3)n2)nc2c1ccc1ccc(-c3ccccc3)nc12. The summed E-state index contributed by atoms with van der Waals surface area (Å²) >= 11 is 0. The molecule has 3 nitrogen and oxygen atoms in total. The van der Waals surface area contributed by atoms with E-state index < -0.39 is 0 Å². The van der Waals surface area contributed by atoms with Gasteiger partial charge in [-0.15, -0.1) is 0 Å². The highest BCUT2D eigenvalue weighted by Gasteiger charge is 2.16. The Labute approximate surface area is 262 Å². The van der Waals surface area contributed by atoms with Crippen LogP contribution in [-0.2, 0) is 0 Å². The Morgan fingerprint density at radius 2 is 0.867 bits per heavy atom. The highest BCUT2D eigenvalue weighted by molar-refractivity contribution is 6.05. The smallest absolute Gasteiger partial charge is 0.0975 e. The van der Waals surface area contributed by atoms with Crippen LogP contribution in [-0.4, -0.2) is 15.0 Å². The van der Waals surface area contributed by atoms with Crippen molar-refractivity contribution in [1.29, 1.82) is 0 Å². The highest BCUT2D eigenvalue weighted by Crippen LogP contribution is 2.37. The van der Waals surface area contributed by atoms with Gasteiger partial charge in [0.15, 0.2) is 0 Å². The molecule has 8 aromatic rings. The fraction of sp³-hybridized carbons (Fsp3) is 0.0238. The maximum Gasteiger partial charge on any atom is 0.0975 e. The molecule has 3 heterocycles. The van der Waals surface area contributed by atoms with E-state index in [1.807, 2.05) is 30.3 Å². The maximum absolute atomic E-state index is 5.33. The van der Waals surface area contributed by atoms with Crippen LogP contribution in [0, 0.1) is 6.92 Å². The second-order valence-electron chi connectivity index (χ2n) is 11.3. The van der Waals surface area contributed by atoms with Crippen molar-refractivity contribution >= 4 is 21.8 Å². The van der Waals surface area contributed by atoms with Crippen LogP contribution in [0.4, 0.5) is 0 Å². The molecule has 0 radical (unpaired) electrons. The molecular weight excluding hydrogens is 546 g/mol. The molecule has 0 fully saturated rings. The van der Waals surface area contributed by atoms with E-state index in [1.165, 1.54) is 0 Å². The lowest BCUT2D eigenvalue weighted by Gasteiger charge is -2.15. The lowest BCUT2D eigenvalue weighted by molar-refractivity contribution is 1.31. The summed E-state index contributed by atoms with van der Waals surface area (Å²) in [6.45, 7) is 2.16. The Kier molecular flexibility index (Phi) is 6.69. The van der Waals surface area contributed by atoms with Crippen molar-refractivity contribution in [3.8, 4) is 56.2 Å². The molecule has 0 atom stereocenters. The molecule has 45 heavy (non-hydrogen) atoms. The first-order chi connectivity index (χ1) is 22.2.